The number of hydrogen-bond donors (Lipinski definition) is 2. The molecule has 0 aromatic heterocycles. The first-order chi connectivity index (χ1) is 8.90. The topological polar surface area (TPSA) is 58.6 Å². The van der Waals surface area contributed by atoms with Gasteiger partial charge in [0.1, 0.15) is 6.61 Å². The lowest BCUT2D eigenvalue weighted by Crippen LogP contribution is -2.40. The van der Waals surface area contributed by atoms with Crippen LogP contribution >= 0.6 is 0 Å². The molecule has 0 bridgehead atoms. The summed E-state index contributed by atoms with van der Waals surface area (Å²) in [6, 6.07) is 9.22. The third-order valence-electron chi connectivity index (χ3n) is 2.61. The lowest BCUT2D eigenvalue weighted by molar-refractivity contribution is 0.123. The second-order valence-corrected chi connectivity index (χ2v) is 5.85. The molecule has 4 heteroatoms. The van der Waals surface area contributed by atoms with Gasteiger partial charge in [-0.2, -0.15) is 0 Å². The first-order valence-corrected chi connectivity index (χ1v) is 6.49. The first-order valence-electron chi connectivity index (χ1n) is 6.49. The molecule has 0 aliphatic rings. The fraction of sp³-hybridized carbons (Fsp3) is 0.533. The summed E-state index contributed by atoms with van der Waals surface area (Å²) in [5, 5.41) is 11.9. The zero-order valence-corrected chi connectivity index (χ0v) is 11.8. The lowest BCUT2D eigenvalue weighted by Gasteiger charge is -2.25. The van der Waals surface area contributed by atoms with E-state index in [-0.39, 0.29) is 24.7 Å². The second kappa shape index (κ2) is 7.14. The van der Waals surface area contributed by atoms with Crippen molar-refractivity contribution in [3.63, 3.8) is 0 Å². The number of aliphatic hydroxyl groups is 1. The third kappa shape index (κ3) is 6.82. The van der Waals surface area contributed by atoms with Gasteiger partial charge in [0.25, 0.3) is 0 Å². The molecule has 0 saturated carbocycles. The maximum absolute atomic E-state index is 11.6. The van der Waals surface area contributed by atoms with Gasteiger partial charge < -0.3 is 15.2 Å². The third-order valence-corrected chi connectivity index (χ3v) is 2.61. The largest absolute Gasteiger partial charge is 0.445 e. The molecule has 19 heavy (non-hydrogen) atoms. The number of hydrogen-bond acceptors (Lipinski definition) is 3. The van der Waals surface area contributed by atoms with Crippen molar-refractivity contribution in [2.24, 2.45) is 5.41 Å². The summed E-state index contributed by atoms with van der Waals surface area (Å²) in [5.74, 6) is 0. The highest BCUT2D eigenvalue weighted by atomic mass is 16.5. The van der Waals surface area contributed by atoms with Gasteiger partial charge in [-0.05, 0) is 17.4 Å². The van der Waals surface area contributed by atoms with Gasteiger partial charge in [-0.1, -0.05) is 51.1 Å². The van der Waals surface area contributed by atoms with Crippen molar-refractivity contribution in [3.05, 3.63) is 35.9 Å². The van der Waals surface area contributed by atoms with Gasteiger partial charge in [0.05, 0.1) is 12.6 Å². The van der Waals surface area contributed by atoms with Gasteiger partial charge in [0, 0.05) is 0 Å². The van der Waals surface area contributed by atoms with Crippen LogP contribution in [-0.4, -0.2) is 23.8 Å². The molecule has 0 radical (unpaired) electrons. The Morgan fingerprint density at radius 3 is 2.47 bits per heavy atom. The van der Waals surface area contributed by atoms with Crippen molar-refractivity contribution in [2.75, 3.05) is 6.61 Å². The van der Waals surface area contributed by atoms with Gasteiger partial charge in [0.15, 0.2) is 0 Å². The average Bonchev–Trinajstić information content (AvgIpc) is 2.35. The monoisotopic (exact) mass is 265 g/mol. The normalized spacial score (nSPS) is 12.8. The van der Waals surface area contributed by atoms with Gasteiger partial charge in [-0.3, -0.25) is 0 Å². The summed E-state index contributed by atoms with van der Waals surface area (Å²) < 4.78 is 5.11. The van der Waals surface area contributed by atoms with E-state index in [1.54, 1.807) is 0 Å². The zero-order chi connectivity index (χ0) is 14.3. The summed E-state index contributed by atoms with van der Waals surface area (Å²) in [6.07, 6.45) is 0.205. The van der Waals surface area contributed by atoms with E-state index < -0.39 is 6.09 Å². The number of carbonyl (C=O) groups excluding carboxylic acids is 1. The molecule has 0 fully saturated rings. The number of nitrogens with one attached hydrogen (secondary N) is 1. The number of benzene rings is 1. The minimum absolute atomic E-state index is 0.0418. The van der Waals surface area contributed by atoms with Crippen molar-refractivity contribution >= 4 is 6.09 Å². The molecular formula is C15H23NO3. The highest BCUT2D eigenvalue weighted by Gasteiger charge is 2.20. The molecule has 0 aliphatic carbocycles. The Kier molecular flexibility index (Phi) is 5.83. The van der Waals surface area contributed by atoms with Gasteiger partial charge in [-0.25, -0.2) is 4.79 Å². The van der Waals surface area contributed by atoms with Crippen LogP contribution in [0.1, 0.15) is 32.8 Å². The standard InChI is InChI=1S/C15H23NO3/c1-15(2,3)9-13(10-17)16-14(18)19-11-12-7-5-4-6-8-12/h4-8,13,17H,9-11H2,1-3H3,(H,16,18). The lowest BCUT2D eigenvalue weighted by atomic mass is 9.88. The Balaban J connectivity index is 2.37. The molecule has 106 valence electrons. The van der Waals surface area contributed by atoms with Gasteiger partial charge in [-0.15, -0.1) is 0 Å². The van der Waals surface area contributed by atoms with E-state index in [1.165, 1.54) is 0 Å². The van der Waals surface area contributed by atoms with Crippen LogP contribution in [-0.2, 0) is 11.3 Å². The Hall–Kier alpha value is -1.55. The highest BCUT2D eigenvalue weighted by Crippen LogP contribution is 2.20. The Bertz CT molecular complexity index is 384. The second-order valence-electron chi connectivity index (χ2n) is 5.85. The Morgan fingerprint density at radius 2 is 1.95 bits per heavy atom. The molecule has 1 atom stereocenters. The quantitative estimate of drug-likeness (QED) is 0.860. The first kappa shape index (κ1) is 15.5. The van der Waals surface area contributed by atoms with Crippen LogP contribution in [0.5, 0.6) is 0 Å². The minimum Gasteiger partial charge on any atom is -0.445 e. The summed E-state index contributed by atoms with van der Waals surface area (Å²) in [5.41, 5.74) is 0.981. The molecule has 0 aliphatic heterocycles. The number of ether oxygens (including phenoxy) is 1. The Labute approximate surface area is 114 Å². The van der Waals surface area contributed by atoms with Crippen molar-refractivity contribution < 1.29 is 14.6 Å². The highest BCUT2D eigenvalue weighted by molar-refractivity contribution is 5.67. The van der Waals surface area contributed by atoms with E-state index >= 15 is 0 Å². The summed E-state index contributed by atoms with van der Waals surface area (Å²) in [6.45, 7) is 6.34. The van der Waals surface area contributed by atoms with Crippen LogP contribution < -0.4 is 5.32 Å². The number of carbonyl (C=O) groups is 1. The molecule has 0 saturated heterocycles. The van der Waals surface area contributed by atoms with Crippen LogP contribution in [0.4, 0.5) is 4.79 Å². The summed E-state index contributed by atoms with van der Waals surface area (Å²) in [7, 11) is 0. The fourth-order valence-corrected chi connectivity index (χ4v) is 1.83. The van der Waals surface area contributed by atoms with Crippen molar-refractivity contribution in [1.82, 2.24) is 5.32 Å². The molecular weight excluding hydrogens is 242 g/mol. The van der Waals surface area contributed by atoms with E-state index in [0.717, 1.165) is 5.56 Å². The average molecular weight is 265 g/mol. The molecule has 1 unspecified atom stereocenters. The van der Waals surface area contributed by atoms with Crippen molar-refractivity contribution in [3.8, 4) is 0 Å². The minimum atomic E-state index is -0.493. The predicted octanol–water partition coefficient (Wildman–Crippen LogP) is 2.71. The molecule has 1 amide bonds. The van der Waals surface area contributed by atoms with E-state index in [2.05, 4.69) is 26.1 Å². The molecule has 1 rings (SSSR count). The molecule has 0 spiro atoms. The molecule has 2 N–H and O–H groups in total. The molecule has 0 heterocycles. The van der Waals surface area contributed by atoms with Gasteiger partial charge in [0.2, 0.25) is 0 Å². The number of aliphatic hydroxyl groups excluding tert-OH is 1. The maximum atomic E-state index is 11.6. The number of alkyl carbamates (subject to hydrolysis) is 1. The molecule has 1 aromatic carbocycles. The maximum Gasteiger partial charge on any atom is 0.407 e. The smallest absolute Gasteiger partial charge is 0.407 e. The van der Waals surface area contributed by atoms with E-state index in [4.69, 9.17) is 4.74 Å². The predicted molar refractivity (Wildman–Crippen MR) is 74.7 cm³/mol. The Morgan fingerprint density at radius 1 is 1.32 bits per heavy atom. The van der Waals surface area contributed by atoms with Crippen LogP contribution in [0.25, 0.3) is 0 Å². The summed E-state index contributed by atoms with van der Waals surface area (Å²) in [4.78, 5) is 11.6. The number of rotatable bonds is 5. The van der Waals surface area contributed by atoms with E-state index in [9.17, 15) is 9.90 Å². The summed E-state index contributed by atoms with van der Waals surface area (Å²) >= 11 is 0. The van der Waals surface area contributed by atoms with Crippen LogP contribution in [0.2, 0.25) is 0 Å². The fourth-order valence-electron chi connectivity index (χ4n) is 1.83. The van der Waals surface area contributed by atoms with Crippen LogP contribution in [0, 0.1) is 5.41 Å². The van der Waals surface area contributed by atoms with Crippen LogP contribution in [0.15, 0.2) is 30.3 Å². The van der Waals surface area contributed by atoms with Crippen molar-refractivity contribution in [1.29, 1.82) is 0 Å². The molecule has 1 aromatic rings. The van der Waals surface area contributed by atoms with E-state index in [1.807, 2.05) is 30.3 Å². The van der Waals surface area contributed by atoms with Gasteiger partial charge >= 0.3 is 6.09 Å². The van der Waals surface area contributed by atoms with Crippen LogP contribution in [0.3, 0.4) is 0 Å². The van der Waals surface area contributed by atoms with E-state index in [0.29, 0.717) is 6.42 Å². The zero-order valence-electron chi connectivity index (χ0n) is 11.8. The number of amides is 1. The molecule has 4 nitrogen and oxygen atoms in total. The SMILES string of the molecule is CC(C)(C)CC(CO)NC(=O)OCc1ccccc1. The van der Waals surface area contributed by atoms with Crippen molar-refractivity contribution in [2.45, 2.75) is 39.8 Å².